The van der Waals surface area contributed by atoms with E-state index >= 15 is 0 Å². The van der Waals surface area contributed by atoms with Crippen LogP contribution in [0, 0.1) is 18.3 Å². The van der Waals surface area contributed by atoms with Crippen LogP contribution in [-0.4, -0.2) is 21.4 Å². The van der Waals surface area contributed by atoms with Crippen LogP contribution >= 0.6 is 23.2 Å². The molecule has 2 fully saturated rings. The molecule has 1 aromatic carbocycles. The van der Waals surface area contributed by atoms with Gasteiger partial charge >= 0.3 is 0 Å². The summed E-state index contributed by atoms with van der Waals surface area (Å²) in [5.41, 5.74) is 2.83. The number of hydrogen-bond donors (Lipinski definition) is 1. The lowest BCUT2D eigenvalue weighted by Gasteiger charge is -2.35. The lowest BCUT2D eigenvalue weighted by Crippen LogP contribution is -2.40. The molecule has 0 aromatic heterocycles. The van der Waals surface area contributed by atoms with Gasteiger partial charge in [0.15, 0.2) is 8.32 Å². The molecule has 0 saturated heterocycles. The highest BCUT2D eigenvalue weighted by Crippen LogP contribution is 2.57. The van der Waals surface area contributed by atoms with Gasteiger partial charge in [0, 0.05) is 22.2 Å². The Kier molecular flexibility index (Phi) is 8.17. The van der Waals surface area contributed by atoms with Crippen LogP contribution in [0.1, 0.15) is 76.5 Å². The van der Waals surface area contributed by atoms with E-state index in [1.165, 1.54) is 38.5 Å². The first kappa shape index (κ1) is 23.6. The molecule has 0 amide bonds. The maximum atomic E-state index is 6.91. The zero-order valence-corrected chi connectivity index (χ0v) is 21.3. The van der Waals surface area contributed by atoms with Gasteiger partial charge < -0.3 is 9.74 Å². The Balaban J connectivity index is 1.69. The first-order valence-electron chi connectivity index (χ1n) is 11.7. The van der Waals surface area contributed by atoms with Gasteiger partial charge in [-0.05, 0) is 99.2 Å². The van der Waals surface area contributed by atoms with Crippen LogP contribution < -0.4 is 5.32 Å². The third-order valence-corrected chi connectivity index (χ3v) is 13.0. The van der Waals surface area contributed by atoms with E-state index in [1.54, 1.807) is 0 Å². The van der Waals surface area contributed by atoms with Crippen molar-refractivity contribution in [3.63, 3.8) is 0 Å². The van der Waals surface area contributed by atoms with Crippen LogP contribution in [-0.2, 0) is 4.43 Å². The minimum atomic E-state index is -1.78. The highest BCUT2D eigenvalue weighted by molar-refractivity contribution is 6.73. The molecule has 2 aliphatic carbocycles. The number of hydrogen-bond acceptors (Lipinski definition) is 2. The van der Waals surface area contributed by atoms with Gasteiger partial charge in [-0.25, -0.2) is 0 Å². The summed E-state index contributed by atoms with van der Waals surface area (Å²) in [4.78, 5) is 0. The molecule has 0 bridgehead atoms. The summed E-state index contributed by atoms with van der Waals surface area (Å²) in [6, 6.07) is 7.41. The van der Waals surface area contributed by atoms with Crippen molar-refractivity contribution in [2.45, 2.75) is 90.5 Å². The second-order valence-corrected chi connectivity index (χ2v) is 15.1. The summed E-state index contributed by atoms with van der Waals surface area (Å²) in [7, 11) is -1.78. The molecule has 0 radical (unpaired) electrons. The number of aryl methyl sites for hydroxylation is 1. The Bertz CT molecular complexity index is 646. The van der Waals surface area contributed by atoms with Crippen molar-refractivity contribution in [2.24, 2.45) is 11.3 Å². The zero-order valence-electron chi connectivity index (χ0n) is 18.8. The first-order valence-corrected chi connectivity index (χ1v) is 15.0. The van der Waals surface area contributed by atoms with E-state index in [0.717, 1.165) is 63.7 Å². The van der Waals surface area contributed by atoms with E-state index in [0.29, 0.717) is 0 Å². The molecular weight excluding hydrogens is 417 g/mol. The van der Waals surface area contributed by atoms with Crippen molar-refractivity contribution in [3.8, 4) is 0 Å². The van der Waals surface area contributed by atoms with E-state index in [1.807, 2.05) is 19.1 Å². The van der Waals surface area contributed by atoms with E-state index in [2.05, 4.69) is 26.1 Å². The summed E-state index contributed by atoms with van der Waals surface area (Å²) >= 11 is 13.4. The van der Waals surface area contributed by atoms with Crippen LogP contribution in [0.5, 0.6) is 0 Å². The average molecular weight is 457 g/mol. The molecule has 2 nitrogen and oxygen atoms in total. The predicted molar refractivity (Wildman–Crippen MR) is 129 cm³/mol. The Morgan fingerprint density at radius 2 is 1.59 bits per heavy atom. The normalized spacial score (nSPS) is 20.2. The maximum Gasteiger partial charge on any atom is 0.192 e. The fraction of sp³-hybridized carbons (Fsp3) is 0.750. The van der Waals surface area contributed by atoms with Crippen LogP contribution in [0.3, 0.4) is 0 Å². The van der Waals surface area contributed by atoms with Gasteiger partial charge in [-0.15, -0.1) is 0 Å². The summed E-state index contributed by atoms with van der Waals surface area (Å²) in [5.74, 6) is 0.802. The zero-order chi connectivity index (χ0) is 21.1. The highest BCUT2D eigenvalue weighted by atomic mass is 35.5. The van der Waals surface area contributed by atoms with E-state index in [9.17, 15) is 0 Å². The van der Waals surface area contributed by atoms with Crippen molar-refractivity contribution in [3.05, 3.63) is 33.3 Å². The average Bonchev–Trinajstić information content (AvgIpc) is 3.46. The Morgan fingerprint density at radius 3 is 2.07 bits per heavy atom. The molecule has 2 saturated carbocycles. The molecule has 1 N–H and O–H groups in total. The minimum Gasteiger partial charge on any atom is -0.409 e. The fourth-order valence-corrected chi connectivity index (χ4v) is 8.76. The largest absolute Gasteiger partial charge is 0.409 e. The molecule has 1 unspecified atom stereocenters. The minimum absolute atomic E-state index is 0.0690. The van der Waals surface area contributed by atoms with Gasteiger partial charge in [0.2, 0.25) is 0 Å². The predicted octanol–water partition coefficient (Wildman–Crippen LogP) is 7.92. The molecule has 5 heteroatoms. The molecular formula is C24H39Cl2NOSi. The molecule has 0 aliphatic heterocycles. The number of benzene rings is 1. The Labute approximate surface area is 189 Å². The highest BCUT2D eigenvalue weighted by Gasteiger charge is 2.44. The Morgan fingerprint density at radius 1 is 1.03 bits per heavy atom. The van der Waals surface area contributed by atoms with Gasteiger partial charge in [0.05, 0.1) is 6.10 Å². The molecule has 29 heavy (non-hydrogen) atoms. The van der Waals surface area contributed by atoms with E-state index in [4.69, 9.17) is 27.6 Å². The summed E-state index contributed by atoms with van der Waals surface area (Å²) in [6.07, 6.45) is 8.51. The van der Waals surface area contributed by atoms with Crippen LogP contribution in [0.4, 0.5) is 0 Å². The van der Waals surface area contributed by atoms with Crippen LogP contribution in [0.2, 0.25) is 28.2 Å². The third-order valence-electron chi connectivity index (χ3n) is 7.76. The number of halogens is 2. The summed E-state index contributed by atoms with van der Waals surface area (Å²) in [6.45, 7) is 10.7. The molecule has 3 rings (SSSR count). The van der Waals surface area contributed by atoms with Crippen LogP contribution in [0.15, 0.2) is 12.1 Å². The molecule has 0 heterocycles. The molecule has 1 spiro atoms. The summed E-state index contributed by atoms with van der Waals surface area (Å²) < 4.78 is 6.91. The molecule has 164 valence electrons. The monoisotopic (exact) mass is 455 g/mol. The molecule has 1 aromatic rings. The van der Waals surface area contributed by atoms with E-state index in [-0.39, 0.29) is 6.10 Å². The topological polar surface area (TPSA) is 21.3 Å². The quantitative estimate of drug-likeness (QED) is 0.361. The number of nitrogens with one attached hydrogen (secondary N) is 1. The standard InChI is InChI=1S/C24H39Cl2NOSi/c1-5-29(6-2,7-3)28-22(23-20(25)14-18(4)15-21(23)26)17-27-16-19-8-10-24(11-9-19)12-13-24/h14-15,19,22,27H,5-13,16-17H2,1-4H3. The van der Waals surface area contributed by atoms with Crippen LogP contribution in [0.25, 0.3) is 0 Å². The van der Waals surface area contributed by atoms with Crippen molar-refractivity contribution in [1.82, 2.24) is 5.32 Å². The van der Waals surface area contributed by atoms with Gasteiger partial charge in [0.1, 0.15) is 0 Å². The summed E-state index contributed by atoms with van der Waals surface area (Å²) in [5, 5.41) is 5.22. The van der Waals surface area contributed by atoms with E-state index < -0.39 is 8.32 Å². The third kappa shape index (κ3) is 5.80. The fourth-order valence-electron chi connectivity index (χ4n) is 5.11. The second-order valence-electron chi connectivity index (χ2n) is 9.59. The number of rotatable bonds is 10. The van der Waals surface area contributed by atoms with Gasteiger partial charge in [-0.3, -0.25) is 0 Å². The first-order chi connectivity index (χ1) is 13.9. The molecule has 1 atom stereocenters. The van der Waals surface area contributed by atoms with Gasteiger partial charge in [-0.1, -0.05) is 44.0 Å². The van der Waals surface area contributed by atoms with Crippen molar-refractivity contribution in [1.29, 1.82) is 0 Å². The smallest absolute Gasteiger partial charge is 0.192 e. The van der Waals surface area contributed by atoms with Crippen molar-refractivity contribution in [2.75, 3.05) is 13.1 Å². The Hall–Kier alpha value is -0.0631. The SMILES string of the molecule is CC[Si](CC)(CC)OC(CNCC1CCC2(CC1)CC2)c1c(Cl)cc(C)cc1Cl. The van der Waals surface area contributed by atoms with Gasteiger partial charge in [-0.2, -0.15) is 0 Å². The lowest BCUT2D eigenvalue weighted by atomic mass is 9.80. The maximum absolute atomic E-state index is 6.91. The molecule has 2 aliphatic rings. The second kappa shape index (κ2) is 10.0. The lowest BCUT2D eigenvalue weighted by molar-refractivity contribution is 0.178. The van der Waals surface area contributed by atoms with Crippen molar-refractivity contribution >= 4 is 31.5 Å². The van der Waals surface area contributed by atoms with Gasteiger partial charge in [0.25, 0.3) is 0 Å². The van der Waals surface area contributed by atoms with Crippen molar-refractivity contribution < 1.29 is 4.43 Å².